The van der Waals surface area contributed by atoms with Gasteiger partial charge < -0.3 is 14.6 Å². The van der Waals surface area contributed by atoms with E-state index in [0.29, 0.717) is 21.9 Å². The maximum Gasteiger partial charge on any atom is 0.345 e. The summed E-state index contributed by atoms with van der Waals surface area (Å²) < 4.78 is 17.5. The molecule has 1 N–H and O–H groups in total. The lowest BCUT2D eigenvalue weighted by molar-refractivity contribution is -0.118. The third kappa shape index (κ3) is 4.29. The van der Waals surface area contributed by atoms with Gasteiger partial charge in [0.05, 0.1) is 21.6 Å². The van der Waals surface area contributed by atoms with E-state index in [-0.39, 0.29) is 18.3 Å². The fourth-order valence-corrected chi connectivity index (χ4v) is 7.44. The molecule has 1 amide bonds. The predicted octanol–water partition coefficient (Wildman–Crippen LogP) is 8.27. The fraction of sp³-hybridized carbons (Fsp3) is 0.273. The number of carboxylic acid groups (broad SMARTS) is 1. The Morgan fingerprint density at radius 3 is 2.62 bits per heavy atom. The third-order valence-corrected chi connectivity index (χ3v) is 9.51. The number of carbonyl (C=O) groups excluding carboxylic acids is 1. The van der Waals surface area contributed by atoms with Gasteiger partial charge in [-0.3, -0.25) is 4.79 Å². The minimum atomic E-state index is -0.944. The predicted molar refractivity (Wildman–Crippen MR) is 161 cm³/mol. The van der Waals surface area contributed by atoms with Crippen molar-refractivity contribution in [1.29, 1.82) is 0 Å². The monoisotopic (exact) mass is 554 g/mol. The molecule has 1 aliphatic heterocycles. The van der Waals surface area contributed by atoms with Gasteiger partial charge in [0.2, 0.25) is 5.91 Å². The SMILES string of the molecule is C=C(/C=C\c1c(C)ccc2c1N(C)C(=O)Cn1c-2c(C2CCCCC2)c2sc(C(=O)O)cc21)c1ccccc1F. The van der Waals surface area contributed by atoms with Crippen LogP contribution in [0.1, 0.15) is 69.9 Å². The highest BCUT2D eigenvalue weighted by molar-refractivity contribution is 7.21. The number of halogens is 1. The van der Waals surface area contributed by atoms with E-state index in [1.165, 1.54) is 29.4 Å². The summed E-state index contributed by atoms with van der Waals surface area (Å²) >= 11 is 1.32. The molecule has 2 aliphatic rings. The summed E-state index contributed by atoms with van der Waals surface area (Å²) in [5.74, 6) is -1.05. The van der Waals surface area contributed by atoms with Crippen molar-refractivity contribution in [3.8, 4) is 11.3 Å². The molecule has 0 bridgehead atoms. The van der Waals surface area contributed by atoms with Crippen LogP contribution in [0.2, 0.25) is 0 Å². The number of hydrogen-bond donors (Lipinski definition) is 1. The van der Waals surface area contributed by atoms with Gasteiger partial charge in [-0.25, -0.2) is 9.18 Å². The van der Waals surface area contributed by atoms with Crippen LogP contribution in [0.4, 0.5) is 10.1 Å². The minimum absolute atomic E-state index is 0.0802. The molecular formula is C33H31FN2O3S. The molecule has 0 unspecified atom stereocenters. The van der Waals surface area contributed by atoms with Crippen LogP contribution in [0, 0.1) is 12.7 Å². The summed E-state index contributed by atoms with van der Waals surface area (Å²) in [6, 6.07) is 12.4. The number of carboxylic acids is 1. The first-order chi connectivity index (χ1) is 19.3. The van der Waals surface area contributed by atoms with Crippen molar-refractivity contribution in [2.24, 2.45) is 0 Å². The first-order valence-corrected chi connectivity index (χ1v) is 14.5. The quantitative estimate of drug-likeness (QED) is 0.253. The molecule has 204 valence electrons. The second-order valence-corrected chi connectivity index (χ2v) is 11.8. The number of thiophene rings is 1. The van der Waals surface area contributed by atoms with E-state index in [2.05, 4.69) is 18.7 Å². The molecule has 7 heteroatoms. The van der Waals surface area contributed by atoms with Gasteiger partial charge in [0.15, 0.2) is 0 Å². The molecule has 3 heterocycles. The summed E-state index contributed by atoms with van der Waals surface area (Å²) in [4.78, 5) is 27.6. The number of benzene rings is 2. The molecule has 6 rings (SSSR count). The van der Waals surface area contributed by atoms with E-state index in [4.69, 9.17) is 0 Å². The van der Waals surface area contributed by atoms with Crippen LogP contribution in [0.3, 0.4) is 0 Å². The molecule has 1 aliphatic carbocycles. The molecule has 0 saturated heterocycles. The fourth-order valence-electron chi connectivity index (χ4n) is 6.31. The van der Waals surface area contributed by atoms with Gasteiger partial charge in [0.25, 0.3) is 0 Å². The normalized spacial score (nSPS) is 15.9. The van der Waals surface area contributed by atoms with Gasteiger partial charge in [-0.1, -0.05) is 68.3 Å². The van der Waals surface area contributed by atoms with Crippen LogP contribution < -0.4 is 4.90 Å². The number of anilines is 1. The lowest BCUT2D eigenvalue weighted by Gasteiger charge is -2.25. The number of allylic oxidation sites excluding steroid dienone is 2. The zero-order valence-corrected chi connectivity index (χ0v) is 23.5. The van der Waals surface area contributed by atoms with Crippen LogP contribution in [0.25, 0.3) is 33.1 Å². The number of aryl methyl sites for hydroxylation is 1. The molecule has 2 aromatic carbocycles. The lowest BCUT2D eigenvalue weighted by Crippen LogP contribution is -2.29. The Bertz CT molecular complexity index is 1720. The number of aromatic carboxylic acids is 1. The van der Waals surface area contributed by atoms with Gasteiger partial charge in [0, 0.05) is 23.7 Å². The van der Waals surface area contributed by atoms with Crippen molar-refractivity contribution in [2.45, 2.75) is 51.5 Å². The van der Waals surface area contributed by atoms with Crippen LogP contribution in [-0.4, -0.2) is 28.6 Å². The summed E-state index contributed by atoms with van der Waals surface area (Å²) in [5.41, 5.74) is 7.62. The van der Waals surface area contributed by atoms with E-state index in [0.717, 1.165) is 64.0 Å². The number of carbonyl (C=O) groups is 2. The number of amides is 1. The molecule has 1 saturated carbocycles. The Hall–Kier alpha value is -3.97. The number of nitrogens with zero attached hydrogens (tertiary/aromatic N) is 2. The number of likely N-dealkylation sites (N-methyl/N-ethyl adjacent to an activating group) is 1. The van der Waals surface area contributed by atoms with Crippen molar-refractivity contribution in [2.75, 3.05) is 11.9 Å². The molecule has 4 aromatic rings. The largest absolute Gasteiger partial charge is 0.477 e. The highest BCUT2D eigenvalue weighted by Crippen LogP contribution is 2.50. The standard InChI is InChI=1S/C33H31FN2O3S/c1-19(22-11-7-8-12-25(22)34)13-15-23-20(2)14-16-24-30(23)35(3)28(37)18-36-26-17-27(33(38)39)40-32(26)29(31(24)36)21-9-5-4-6-10-21/h7-8,11-17,21H,1,4-6,9-10,18H2,2-3H3,(H,38,39)/b15-13-. The molecule has 0 spiro atoms. The molecule has 2 aromatic heterocycles. The van der Waals surface area contributed by atoms with Crippen LogP contribution in [-0.2, 0) is 11.3 Å². The van der Waals surface area contributed by atoms with Crippen molar-refractivity contribution in [3.05, 3.63) is 88.1 Å². The van der Waals surface area contributed by atoms with Gasteiger partial charge in [-0.15, -0.1) is 11.3 Å². The molecule has 5 nitrogen and oxygen atoms in total. The van der Waals surface area contributed by atoms with Gasteiger partial charge >= 0.3 is 5.97 Å². The Balaban J connectivity index is 1.58. The van der Waals surface area contributed by atoms with Gasteiger partial charge in [0.1, 0.15) is 17.2 Å². The first-order valence-electron chi connectivity index (χ1n) is 13.7. The summed E-state index contributed by atoms with van der Waals surface area (Å²) in [6.07, 6.45) is 9.32. The molecular weight excluding hydrogens is 523 g/mol. The summed E-state index contributed by atoms with van der Waals surface area (Å²) in [5, 5.41) is 9.77. The number of aromatic nitrogens is 1. The summed E-state index contributed by atoms with van der Waals surface area (Å²) in [7, 11) is 1.80. The molecule has 0 atom stereocenters. The number of fused-ring (bicyclic) bond motifs is 5. The minimum Gasteiger partial charge on any atom is -0.477 e. The van der Waals surface area contributed by atoms with Crippen molar-refractivity contribution < 1.29 is 19.1 Å². The van der Waals surface area contributed by atoms with E-state index in [9.17, 15) is 19.1 Å². The molecule has 0 radical (unpaired) electrons. The highest BCUT2D eigenvalue weighted by atomic mass is 32.1. The average molecular weight is 555 g/mol. The lowest BCUT2D eigenvalue weighted by atomic mass is 9.82. The third-order valence-electron chi connectivity index (χ3n) is 8.36. The topological polar surface area (TPSA) is 62.5 Å². The van der Waals surface area contributed by atoms with E-state index in [1.807, 2.05) is 23.6 Å². The average Bonchev–Trinajstić information content (AvgIpc) is 3.47. The van der Waals surface area contributed by atoms with E-state index >= 15 is 0 Å². The molecule has 1 fully saturated rings. The van der Waals surface area contributed by atoms with Crippen LogP contribution in [0.15, 0.2) is 55.1 Å². The smallest absolute Gasteiger partial charge is 0.345 e. The Morgan fingerprint density at radius 2 is 1.90 bits per heavy atom. The second-order valence-electron chi connectivity index (χ2n) is 10.8. The van der Waals surface area contributed by atoms with E-state index in [1.54, 1.807) is 36.2 Å². The maximum atomic E-state index is 14.4. The zero-order chi connectivity index (χ0) is 28.1. The molecule has 40 heavy (non-hydrogen) atoms. The number of hydrogen-bond acceptors (Lipinski definition) is 3. The van der Waals surface area contributed by atoms with Crippen LogP contribution >= 0.6 is 11.3 Å². The van der Waals surface area contributed by atoms with Gasteiger partial charge in [-0.2, -0.15) is 0 Å². The Kier molecular flexibility index (Phi) is 6.70. The maximum absolute atomic E-state index is 14.4. The van der Waals surface area contributed by atoms with E-state index < -0.39 is 5.97 Å². The van der Waals surface area contributed by atoms with Gasteiger partial charge in [-0.05, 0) is 54.5 Å². The number of rotatable bonds is 5. The van der Waals surface area contributed by atoms with Crippen LogP contribution in [0.5, 0.6) is 0 Å². The summed E-state index contributed by atoms with van der Waals surface area (Å²) in [6.45, 7) is 6.23. The van der Waals surface area contributed by atoms with Crippen molar-refractivity contribution in [3.63, 3.8) is 0 Å². The highest BCUT2D eigenvalue weighted by Gasteiger charge is 2.34. The van der Waals surface area contributed by atoms with Crippen molar-refractivity contribution in [1.82, 2.24) is 4.57 Å². The Morgan fingerprint density at radius 1 is 1.15 bits per heavy atom. The van der Waals surface area contributed by atoms with Crippen molar-refractivity contribution >= 4 is 50.8 Å². The Labute approximate surface area is 236 Å². The first kappa shape index (κ1) is 26.3. The zero-order valence-electron chi connectivity index (χ0n) is 22.7. The second kappa shape index (κ2) is 10.2.